The van der Waals surface area contributed by atoms with E-state index in [2.05, 4.69) is 9.88 Å². The first kappa shape index (κ1) is 22.4. The number of pyridine rings is 1. The van der Waals surface area contributed by atoms with Gasteiger partial charge in [0.05, 0.1) is 18.5 Å². The Labute approximate surface area is 161 Å². The van der Waals surface area contributed by atoms with E-state index in [1.165, 1.54) is 6.26 Å². The summed E-state index contributed by atoms with van der Waals surface area (Å²) in [6.45, 7) is 2.97. The van der Waals surface area contributed by atoms with E-state index in [1.807, 2.05) is 18.2 Å². The van der Waals surface area contributed by atoms with Gasteiger partial charge in [0.1, 0.15) is 5.82 Å². The number of piperidine rings is 1. The van der Waals surface area contributed by atoms with Crippen molar-refractivity contribution in [3.05, 3.63) is 24.4 Å². The number of ether oxygens (including phenoxy) is 1. The lowest BCUT2D eigenvalue weighted by Gasteiger charge is -2.47. The van der Waals surface area contributed by atoms with E-state index in [4.69, 9.17) is 14.6 Å². The Hall–Kier alpha value is -1.92. The Morgan fingerprint density at radius 3 is 2.50 bits per heavy atom. The van der Waals surface area contributed by atoms with Crippen LogP contribution in [0.5, 0.6) is 0 Å². The minimum atomic E-state index is -5.08. The molecule has 0 bridgehead atoms. The molecule has 0 amide bonds. The molecule has 158 valence electrons. The lowest BCUT2D eigenvalue weighted by atomic mass is 9.91. The van der Waals surface area contributed by atoms with Crippen LogP contribution in [0.25, 0.3) is 0 Å². The molecule has 1 atom stereocenters. The van der Waals surface area contributed by atoms with Gasteiger partial charge >= 0.3 is 12.1 Å². The summed E-state index contributed by atoms with van der Waals surface area (Å²) in [5, 5.41) is 7.12. The largest absolute Gasteiger partial charge is 0.490 e. The molecule has 8 nitrogen and oxygen atoms in total. The first-order valence-corrected chi connectivity index (χ1v) is 10.3. The van der Waals surface area contributed by atoms with Gasteiger partial charge in [0, 0.05) is 32.4 Å². The smallest absolute Gasteiger partial charge is 0.475 e. The van der Waals surface area contributed by atoms with Gasteiger partial charge in [-0.3, -0.25) is 0 Å². The van der Waals surface area contributed by atoms with E-state index in [0.717, 1.165) is 25.2 Å². The Balaban J connectivity index is 0.000000345. The lowest BCUT2D eigenvalue weighted by molar-refractivity contribution is -0.192. The van der Waals surface area contributed by atoms with Crippen molar-refractivity contribution in [2.75, 3.05) is 43.9 Å². The molecule has 3 rings (SSSR count). The normalized spacial score (nSPS) is 23.8. The fourth-order valence-corrected chi connectivity index (χ4v) is 4.05. The first-order valence-electron chi connectivity index (χ1n) is 8.48. The summed E-state index contributed by atoms with van der Waals surface area (Å²) in [5.74, 6) is -1.83. The third-order valence-corrected chi connectivity index (χ3v) is 5.69. The molecule has 2 fully saturated rings. The van der Waals surface area contributed by atoms with Gasteiger partial charge < -0.3 is 14.7 Å². The molecule has 12 heteroatoms. The number of carboxylic acid groups (broad SMARTS) is 1. The number of carbonyl (C=O) groups is 1. The minimum Gasteiger partial charge on any atom is -0.475 e. The van der Waals surface area contributed by atoms with Crippen molar-refractivity contribution in [1.82, 2.24) is 9.29 Å². The first-order chi connectivity index (χ1) is 12.9. The maximum Gasteiger partial charge on any atom is 0.490 e. The zero-order chi connectivity index (χ0) is 21.0. The Morgan fingerprint density at radius 2 is 1.96 bits per heavy atom. The average molecular weight is 425 g/mol. The zero-order valence-electron chi connectivity index (χ0n) is 15.2. The number of sulfonamides is 1. The summed E-state index contributed by atoms with van der Waals surface area (Å²) in [5.41, 5.74) is -0.406. The van der Waals surface area contributed by atoms with Crippen LogP contribution >= 0.6 is 0 Å². The van der Waals surface area contributed by atoms with Gasteiger partial charge in [-0.15, -0.1) is 0 Å². The summed E-state index contributed by atoms with van der Waals surface area (Å²) in [4.78, 5) is 15.5. The summed E-state index contributed by atoms with van der Waals surface area (Å²) in [6, 6.07) is 5.84. The van der Waals surface area contributed by atoms with Crippen molar-refractivity contribution in [2.24, 2.45) is 0 Å². The topological polar surface area (TPSA) is 100 Å². The van der Waals surface area contributed by atoms with Crippen LogP contribution in [-0.4, -0.2) is 79.6 Å². The summed E-state index contributed by atoms with van der Waals surface area (Å²) in [6.07, 6.45) is -0.164. The highest BCUT2D eigenvalue weighted by atomic mass is 32.2. The molecule has 1 N–H and O–H groups in total. The van der Waals surface area contributed by atoms with Crippen LogP contribution in [0.4, 0.5) is 19.0 Å². The molecule has 3 heterocycles. The van der Waals surface area contributed by atoms with Crippen LogP contribution in [0.1, 0.15) is 12.8 Å². The number of morpholine rings is 1. The molecule has 2 aliphatic rings. The monoisotopic (exact) mass is 425 g/mol. The molecule has 2 saturated heterocycles. The van der Waals surface area contributed by atoms with Crippen LogP contribution in [-0.2, 0) is 19.6 Å². The number of hydrogen-bond acceptors (Lipinski definition) is 6. The average Bonchev–Trinajstić information content (AvgIpc) is 2.61. The second kappa shape index (κ2) is 8.62. The second-order valence-corrected chi connectivity index (χ2v) is 8.63. The molecule has 1 aromatic heterocycles. The van der Waals surface area contributed by atoms with Crippen molar-refractivity contribution in [3.63, 3.8) is 0 Å². The van der Waals surface area contributed by atoms with Crippen molar-refractivity contribution < 1.29 is 36.2 Å². The van der Waals surface area contributed by atoms with E-state index in [1.54, 1.807) is 10.5 Å². The summed E-state index contributed by atoms with van der Waals surface area (Å²) >= 11 is 0. The minimum absolute atomic E-state index is 0.406. The third-order valence-electron chi connectivity index (χ3n) is 4.44. The molecule has 0 saturated carbocycles. The van der Waals surface area contributed by atoms with Gasteiger partial charge in [0.15, 0.2) is 0 Å². The number of hydrogen-bond donors (Lipinski definition) is 1. The lowest BCUT2D eigenvalue weighted by Crippen LogP contribution is -2.60. The predicted octanol–water partition coefficient (Wildman–Crippen LogP) is 1.35. The van der Waals surface area contributed by atoms with Gasteiger partial charge in [0.2, 0.25) is 10.0 Å². The van der Waals surface area contributed by atoms with Gasteiger partial charge in [-0.05, 0) is 25.0 Å². The summed E-state index contributed by atoms with van der Waals surface area (Å²) < 4.78 is 62.9. The number of halogens is 3. The maximum atomic E-state index is 11.8. The molecular weight excluding hydrogens is 403 g/mol. The molecular formula is C16H22F3N3O5S. The van der Waals surface area contributed by atoms with E-state index in [9.17, 15) is 21.6 Å². The van der Waals surface area contributed by atoms with Crippen molar-refractivity contribution in [1.29, 1.82) is 0 Å². The Morgan fingerprint density at radius 1 is 1.29 bits per heavy atom. The van der Waals surface area contributed by atoms with Crippen LogP contribution in [0, 0.1) is 0 Å². The van der Waals surface area contributed by atoms with Gasteiger partial charge in [-0.25, -0.2) is 18.2 Å². The van der Waals surface area contributed by atoms with Gasteiger partial charge in [-0.1, -0.05) is 6.07 Å². The van der Waals surface area contributed by atoms with E-state index in [0.29, 0.717) is 26.2 Å². The van der Waals surface area contributed by atoms with Crippen LogP contribution in [0.15, 0.2) is 24.4 Å². The van der Waals surface area contributed by atoms with E-state index >= 15 is 0 Å². The van der Waals surface area contributed by atoms with E-state index < -0.39 is 27.8 Å². The molecule has 0 aromatic carbocycles. The number of aromatic nitrogens is 1. The molecule has 1 unspecified atom stereocenters. The number of alkyl halides is 3. The fourth-order valence-electron chi connectivity index (χ4n) is 3.17. The number of rotatable bonds is 2. The summed E-state index contributed by atoms with van der Waals surface area (Å²) in [7, 11) is -3.16. The van der Waals surface area contributed by atoms with Gasteiger partial charge in [0.25, 0.3) is 0 Å². The van der Waals surface area contributed by atoms with Crippen molar-refractivity contribution in [2.45, 2.75) is 24.6 Å². The quantitative estimate of drug-likeness (QED) is 0.763. The molecule has 2 aliphatic heterocycles. The fraction of sp³-hybridized carbons (Fsp3) is 0.625. The number of aliphatic carboxylic acids is 1. The van der Waals surface area contributed by atoms with Crippen LogP contribution in [0.2, 0.25) is 0 Å². The highest BCUT2D eigenvalue weighted by Crippen LogP contribution is 2.31. The molecule has 28 heavy (non-hydrogen) atoms. The molecule has 0 aliphatic carbocycles. The van der Waals surface area contributed by atoms with Crippen molar-refractivity contribution in [3.8, 4) is 0 Å². The SMILES string of the molecule is CS(=O)(=O)N1CCOC2(CCCN(c3ccccn3)C2)C1.O=C(O)C(F)(F)F. The molecule has 0 radical (unpaired) electrons. The number of nitrogens with zero attached hydrogens (tertiary/aromatic N) is 3. The third kappa shape index (κ3) is 6.04. The molecule has 1 spiro atoms. The Bertz CT molecular complexity index is 771. The zero-order valence-corrected chi connectivity index (χ0v) is 16.0. The van der Waals surface area contributed by atoms with E-state index in [-0.39, 0.29) is 0 Å². The standard InChI is InChI=1S/C14H21N3O3S.C2HF3O2/c1-21(18,19)17-9-10-20-14(12-17)6-4-8-16(11-14)13-5-2-3-7-15-13;3-2(4,5)1(6)7/h2-3,5,7H,4,6,8-12H2,1H3;(H,6,7). The molecule has 1 aromatic rings. The van der Waals surface area contributed by atoms with Crippen LogP contribution in [0.3, 0.4) is 0 Å². The van der Waals surface area contributed by atoms with Gasteiger partial charge in [-0.2, -0.15) is 17.5 Å². The highest BCUT2D eigenvalue weighted by Gasteiger charge is 2.43. The Kier molecular flexibility index (Phi) is 6.88. The maximum absolute atomic E-state index is 11.8. The number of carboxylic acids is 1. The number of anilines is 1. The van der Waals surface area contributed by atoms with Crippen molar-refractivity contribution >= 4 is 21.8 Å². The van der Waals surface area contributed by atoms with Crippen LogP contribution < -0.4 is 4.90 Å². The highest BCUT2D eigenvalue weighted by molar-refractivity contribution is 7.88. The predicted molar refractivity (Wildman–Crippen MR) is 94.5 cm³/mol. The second-order valence-electron chi connectivity index (χ2n) is 6.64.